The van der Waals surface area contributed by atoms with E-state index in [0.717, 1.165) is 24.1 Å². The Bertz CT molecular complexity index is 588. The lowest BCUT2D eigenvalue weighted by molar-refractivity contribution is -0.140. The van der Waals surface area contributed by atoms with Crippen molar-refractivity contribution in [1.29, 1.82) is 0 Å². The third-order valence-corrected chi connectivity index (χ3v) is 2.72. The average Bonchev–Trinajstić information content (AvgIpc) is 2.51. The van der Waals surface area contributed by atoms with Crippen LogP contribution in [0.2, 0.25) is 0 Å². The first-order valence-corrected chi connectivity index (χ1v) is 7.31. The smallest absolute Gasteiger partial charge is 0.207 e. The largest absolute Gasteiger partial charge is 0.419 e. The fourth-order valence-electron chi connectivity index (χ4n) is 1.61. The molecular weight excluding hydrogens is 311 g/mol. The van der Waals surface area contributed by atoms with E-state index in [9.17, 15) is 22.0 Å². The van der Waals surface area contributed by atoms with Gasteiger partial charge in [0.15, 0.2) is 0 Å². The molecule has 0 spiro atoms. The third-order valence-electron chi connectivity index (χ3n) is 2.72. The molecule has 0 unspecified atom stereocenters. The first kappa shape index (κ1) is 21.1. The molecule has 2 aromatic carbocycles. The van der Waals surface area contributed by atoms with Crippen molar-refractivity contribution in [2.45, 2.75) is 40.3 Å². The van der Waals surface area contributed by atoms with E-state index >= 15 is 0 Å². The van der Waals surface area contributed by atoms with Crippen LogP contribution in [0.3, 0.4) is 0 Å². The molecule has 0 N–H and O–H groups in total. The summed E-state index contributed by atoms with van der Waals surface area (Å²) in [5.74, 6) is -1.37. The van der Waals surface area contributed by atoms with Crippen molar-refractivity contribution in [3.63, 3.8) is 0 Å². The second-order valence-electron chi connectivity index (χ2n) is 4.46. The molecule has 0 atom stereocenters. The minimum Gasteiger partial charge on any atom is -0.207 e. The van der Waals surface area contributed by atoms with Crippen LogP contribution in [0.15, 0.2) is 42.5 Å². The molecule has 0 amide bonds. The van der Waals surface area contributed by atoms with Gasteiger partial charge in [0.2, 0.25) is 0 Å². The second kappa shape index (κ2) is 9.98. The lowest BCUT2D eigenvalue weighted by Crippen LogP contribution is -2.08. The first-order valence-electron chi connectivity index (χ1n) is 7.31. The molecule has 2 rings (SSSR count). The number of aryl methyl sites for hydroxylation is 2. The normalized spacial score (nSPS) is 10.1. The van der Waals surface area contributed by atoms with Gasteiger partial charge in [0.05, 0.1) is 5.56 Å². The third kappa shape index (κ3) is 7.77. The highest BCUT2D eigenvalue weighted by atomic mass is 19.4. The molecule has 0 heterocycles. The van der Waals surface area contributed by atoms with Crippen LogP contribution in [-0.2, 0) is 12.6 Å². The van der Waals surface area contributed by atoms with Crippen molar-refractivity contribution < 1.29 is 22.0 Å². The Morgan fingerprint density at radius 1 is 0.913 bits per heavy atom. The summed E-state index contributed by atoms with van der Waals surface area (Å²) >= 11 is 0. The molecule has 0 aliphatic heterocycles. The van der Waals surface area contributed by atoms with Gasteiger partial charge in [0.25, 0.3) is 0 Å². The SMILES string of the molecule is CC.CCc1cccc(F)c1.Cc1ccc(F)c(C(F)(F)F)c1. The van der Waals surface area contributed by atoms with Gasteiger partial charge in [0, 0.05) is 0 Å². The van der Waals surface area contributed by atoms with Gasteiger partial charge in [-0.3, -0.25) is 0 Å². The van der Waals surface area contributed by atoms with Crippen molar-refractivity contribution >= 4 is 0 Å². The van der Waals surface area contributed by atoms with E-state index in [1.165, 1.54) is 19.1 Å². The van der Waals surface area contributed by atoms with Gasteiger partial charge in [-0.05, 0) is 43.2 Å². The van der Waals surface area contributed by atoms with Crippen LogP contribution in [0.1, 0.15) is 37.5 Å². The van der Waals surface area contributed by atoms with Crippen LogP contribution in [0.5, 0.6) is 0 Å². The molecule has 0 aliphatic rings. The van der Waals surface area contributed by atoms with Crippen molar-refractivity contribution in [2.75, 3.05) is 0 Å². The van der Waals surface area contributed by atoms with E-state index in [0.29, 0.717) is 5.56 Å². The van der Waals surface area contributed by atoms with Crippen LogP contribution in [0.25, 0.3) is 0 Å². The predicted octanol–water partition coefficient (Wildman–Crippen LogP) is 6.57. The molecule has 0 nitrogen and oxygen atoms in total. The lowest BCUT2D eigenvalue weighted by Gasteiger charge is -2.07. The Morgan fingerprint density at radius 2 is 1.52 bits per heavy atom. The van der Waals surface area contributed by atoms with Gasteiger partial charge in [-0.2, -0.15) is 13.2 Å². The van der Waals surface area contributed by atoms with Crippen LogP contribution >= 0.6 is 0 Å². The fraction of sp³-hybridized carbons (Fsp3) is 0.333. The Hall–Kier alpha value is -1.91. The molecule has 0 saturated carbocycles. The van der Waals surface area contributed by atoms with E-state index < -0.39 is 17.6 Å². The van der Waals surface area contributed by atoms with E-state index in [4.69, 9.17) is 0 Å². The highest BCUT2D eigenvalue weighted by Crippen LogP contribution is 2.31. The predicted molar refractivity (Wildman–Crippen MR) is 83.3 cm³/mol. The maximum Gasteiger partial charge on any atom is 0.419 e. The Morgan fingerprint density at radius 3 is 1.91 bits per heavy atom. The lowest BCUT2D eigenvalue weighted by atomic mass is 10.1. The van der Waals surface area contributed by atoms with Gasteiger partial charge in [-0.25, -0.2) is 8.78 Å². The first-order chi connectivity index (χ1) is 10.7. The molecule has 0 bridgehead atoms. The van der Waals surface area contributed by atoms with Crippen LogP contribution in [-0.4, -0.2) is 0 Å². The van der Waals surface area contributed by atoms with E-state index in [-0.39, 0.29) is 5.82 Å². The zero-order valence-electron chi connectivity index (χ0n) is 13.6. The highest BCUT2D eigenvalue weighted by Gasteiger charge is 2.33. The molecule has 0 radical (unpaired) electrons. The summed E-state index contributed by atoms with van der Waals surface area (Å²) in [6, 6.07) is 9.56. The van der Waals surface area contributed by atoms with Gasteiger partial charge in [-0.1, -0.05) is 44.5 Å². The van der Waals surface area contributed by atoms with Crippen LogP contribution < -0.4 is 0 Å². The maximum absolute atomic E-state index is 12.5. The number of benzene rings is 2. The molecule has 0 fully saturated rings. The molecule has 0 saturated heterocycles. The zero-order valence-corrected chi connectivity index (χ0v) is 13.6. The van der Waals surface area contributed by atoms with Crippen molar-refractivity contribution in [1.82, 2.24) is 0 Å². The summed E-state index contributed by atoms with van der Waals surface area (Å²) in [5.41, 5.74) is 0.237. The summed E-state index contributed by atoms with van der Waals surface area (Å²) in [5, 5.41) is 0. The molecule has 128 valence electrons. The summed E-state index contributed by atoms with van der Waals surface area (Å²) in [6.07, 6.45) is -3.70. The van der Waals surface area contributed by atoms with Gasteiger partial charge < -0.3 is 0 Å². The standard InChI is InChI=1S/C8H6F4.C8H9F.C2H6/c1-5-2-3-7(9)6(4-5)8(10,11)12;1-2-7-4-3-5-8(9)6-7;1-2/h2-4H,1H3;3-6H,2H2,1H3;1-2H3. The number of hydrogen-bond donors (Lipinski definition) is 0. The number of halogens is 5. The van der Waals surface area contributed by atoms with Crippen molar-refractivity contribution in [2.24, 2.45) is 0 Å². The Balaban J connectivity index is 0.000000392. The van der Waals surface area contributed by atoms with Gasteiger partial charge >= 0.3 is 6.18 Å². The average molecular weight is 332 g/mol. The zero-order chi connectivity index (χ0) is 18.0. The number of alkyl halides is 3. The topological polar surface area (TPSA) is 0 Å². The quantitative estimate of drug-likeness (QED) is 0.518. The van der Waals surface area contributed by atoms with Crippen LogP contribution in [0, 0.1) is 18.6 Å². The molecule has 2 aromatic rings. The molecule has 0 aromatic heterocycles. The second-order valence-corrected chi connectivity index (χ2v) is 4.46. The summed E-state index contributed by atoms with van der Waals surface area (Å²) in [4.78, 5) is 0. The summed E-state index contributed by atoms with van der Waals surface area (Å²) in [6.45, 7) is 7.49. The number of rotatable bonds is 1. The van der Waals surface area contributed by atoms with E-state index in [1.807, 2.05) is 26.8 Å². The molecule has 23 heavy (non-hydrogen) atoms. The highest BCUT2D eigenvalue weighted by molar-refractivity contribution is 5.26. The minimum absolute atomic E-state index is 0.144. The number of hydrogen-bond acceptors (Lipinski definition) is 0. The van der Waals surface area contributed by atoms with Crippen molar-refractivity contribution in [3.05, 3.63) is 70.8 Å². The summed E-state index contributed by atoms with van der Waals surface area (Å²) in [7, 11) is 0. The summed E-state index contributed by atoms with van der Waals surface area (Å²) < 4.78 is 60.9. The van der Waals surface area contributed by atoms with Crippen molar-refractivity contribution in [3.8, 4) is 0 Å². The van der Waals surface area contributed by atoms with Gasteiger partial charge in [0.1, 0.15) is 11.6 Å². The van der Waals surface area contributed by atoms with Crippen LogP contribution in [0.4, 0.5) is 22.0 Å². The molecule has 5 heteroatoms. The van der Waals surface area contributed by atoms with E-state index in [1.54, 1.807) is 12.1 Å². The molecule has 0 aliphatic carbocycles. The van der Waals surface area contributed by atoms with E-state index in [2.05, 4.69) is 0 Å². The van der Waals surface area contributed by atoms with Gasteiger partial charge in [-0.15, -0.1) is 0 Å². The minimum atomic E-state index is -4.60. The maximum atomic E-state index is 12.5. The fourth-order valence-corrected chi connectivity index (χ4v) is 1.61. The Labute approximate surface area is 134 Å². The Kier molecular flexibility index (Phi) is 9.15. The molecular formula is C18H21F5. The monoisotopic (exact) mass is 332 g/mol.